The van der Waals surface area contributed by atoms with Gasteiger partial charge in [-0.25, -0.2) is 9.67 Å². The summed E-state index contributed by atoms with van der Waals surface area (Å²) in [5.74, 6) is -0.360. The summed E-state index contributed by atoms with van der Waals surface area (Å²) in [6, 6.07) is 3.32. The first-order valence-electron chi connectivity index (χ1n) is 9.58. The van der Waals surface area contributed by atoms with Crippen molar-refractivity contribution in [3.63, 3.8) is 0 Å². The van der Waals surface area contributed by atoms with Crippen LogP contribution in [0.4, 0.5) is 13.2 Å². The number of ether oxygens (including phenoxy) is 1. The van der Waals surface area contributed by atoms with Gasteiger partial charge in [0.1, 0.15) is 12.1 Å². The SMILES string of the molecule is CC(C)C(n1ncnc1C1=CC2CCOc3cc(C(N)=O)ccc3C2S1)C(F)(F)F. The van der Waals surface area contributed by atoms with Gasteiger partial charge in [0.05, 0.1) is 6.61 Å². The number of carbonyl (C=O) groups excluding carboxylic acids is 1. The van der Waals surface area contributed by atoms with Crippen LogP contribution in [-0.2, 0) is 0 Å². The molecule has 10 heteroatoms. The van der Waals surface area contributed by atoms with E-state index in [1.165, 1.54) is 31.9 Å². The summed E-state index contributed by atoms with van der Waals surface area (Å²) in [5.41, 5.74) is 6.61. The van der Waals surface area contributed by atoms with E-state index in [9.17, 15) is 18.0 Å². The number of thioether (sulfide) groups is 1. The van der Waals surface area contributed by atoms with Crippen LogP contribution in [0.5, 0.6) is 5.75 Å². The second kappa shape index (κ2) is 7.64. The summed E-state index contributed by atoms with van der Waals surface area (Å²) in [4.78, 5) is 16.3. The highest BCUT2D eigenvalue weighted by Crippen LogP contribution is 2.55. The second-order valence-electron chi connectivity index (χ2n) is 7.75. The maximum Gasteiger partial charge on any atom is 0.411 e. The lowest BCUT2D eigenvalue weighted by Crippen LogP contribution is -2.32. The van der Waals surface area contributed by atoms with E-state index in [1.807, 2.05) is 6.08 Å². The van der Waals surface area contributed by atoms with E-state index in [0.29, 0.717) is 29.2 Å². The lowest BCUT2D eigenvalue weighted by Gasteiger charge is -2.25. The van der Waals surface area contributed by atoms with Crippen LogP contribution in [0.2, 0.25) is 0 Å². The minimum atomic E-state index is -4.43. The molecule has 0 bridgehead atoms. The largest absolute Gasteiger partial charge is 0.493 e. The van der Waals surface area contributed by atoms with Crippen LogP contribution in [0.15, 0.2) is 30.6 Å². The number of benzene rings is 1. The van der Waals surface area contributed by atoms with Crippen LogP contribution >= 0.6 is 11.8 Å². The highest BCUT2D eigenvalue weighted by Gasteiger charge is 2.46. The molecule has 2 N–H and O–H groups in total. The number of primary amides is 1. The molecule has 1 amide bonds. The number of hydrogen-bond acceptors (Lipinski definition) is 5. The van der Waals surface area contributed by atoms with Gasteiger partial charge >= 0.3 is 6.18 Å². The number of hydrogen-bond donors (Lipinski definition) is 1. The van der Waals surface area contributed by atoms with Crippen LogP contribution < -0.4 is 10.5 Å². The molecule has 2 aromatic rings. The van der Waals surface area contributed by atoms with Crippen molar-refractivity contribution in [2.75, 3.05) is 6.61 Å². The molecule has 4 rings (SSSR count). The van der Waals surface area contributed by atoms with Gasteiger partial charge in [-0.2, -0.15) is 18.3 Å². The molecule has 0 spiro atoms. The summed E-state index contributed by atoms with van der Waals surface area (Å²) < 4.78 is 47.8. The van der Waals surface area contributed by atoms with Crippen LogP contribution in [0, 0.1) is 11.8 Å². The van der Waals surface area contributed by atoms with E-state index in [-0.39, 0.29) is 17.0 Å². The number of amides is 1. The normalized spacial score (nSPS) is 22.0. The minimum absolute atomic E-state index is 0.0482. The monoisotopic (exact) mass is 438 g/mol. The molecule has 0 fully saturated rings. The van der Waals surface area contributed by atoms with Gasteiger partial charge in [0.15, 0.2) is 11.9 Å². The number of alkyl halides is 3. The lowest BCUT2D eigenvalue weighted by molar-refractivity contribution is -0.181. The number of allylic oxidation sites excluding steroid dienone is 1. The van der Waals surface area contributed by atoms with Crippen LogP contribution in [0.1, 0.15) is 53.3 Å². The number of carbonyl (C=O) groups is 1. The average molecular weight is 438 g/mol. The van der Waals surface area contributed by atoms with Gasteiger partial charge in [-0.15, -0.1) is 11.8 Å². The summed E-state index contributed by atoms with van der Waals surface area (Å²) in [6.07, 6.45) is -0.606. The van der Waals surface area contributed by atoms with Gasteiger partial charge in [0, 0.05) is 21.3 Å². The van der Waals surface area contributed by atoms with Crippen molar-refractivity contribution < 1.29 is 22.7 Å². The predicted molar refractivity (Wildman–Crippen MR) is 107 cm³/mol. The maximum atomic E-state index is 13.7. The van der Waals surface area contributed by atoms with Crippen molar-refractivity contribution in [1.29, 1.82) is 0 Å². The lowest BCUT2D eigenvalue weighted by atomic mass is 9.95. The quantitative estimate of drug-likeness (QED) is 0.767. The molecular formula is C20H21F3N4O2S. The topological polar surface area (TPSA) is 83.0 Å². The number of rotatable bonds is 4. The van der Waals surface area contributed by atoms with Crippen molar-refractivity contribution in [2.45, 2.75) is 37.7 Å². The zero-order valence-corrected chi connectivity index (χ0v) is 17.2. The zero-order chi connectivity index (χ0) is 21.6. The van der Waals surface area contributed by atoms with Crippen LogP contribution in [0.3, 0.4) is 0 Å². The highest BCUT2D eigenvalue weighted by atomic mass is 32.2. The Morgan fingerprint density at radius 2 is 2.13 bits per heavy atom. The molecule has 0 radical (unpaired) electrons. The first kappa shape index (κ1) is 20.8. The molecule has 0 saturated heterocycles. The molecule has 0 saturated carbocycles. The van der Waals surface area contributed by atoms with Crippen molar-refractivity contribution in [2.24, 2.45) is 17.6 Å². The number of nitrogens with two attached hydrogens (primary N) is 1. The summed E-state index contributed by atoms with van der Waals surface area (Å²) >= 11 is 1.45. The molecule has 30 heavy (non-hydrogen) atoms. The van der Waals surface area contributed by atoms with E-state index in [1.54, 1.807) is 18.2 Å². The fraction of sp³-hybridized carbons (Fsp3) is 0.450. The molecule has 1 aromatic heterocycles. The third-order valence-electron chi connectivity index (χ3n) is 5.35. The molecular weight excluding hydrogens is 417 g/mol. The zero-order valence-electron chi connectivity index (χ0n) is 16.4. The third-order valence-corrected chi connectivity index (χ3v) is 6.78. The minimum Gasteiger partial charge on any atom is -0.493 e. The fourth-order valence-electron chi connectivity index (χ4n) is 3.98. The molecule has 3 atom stereocenters. The summed E-state index contributed by atoms with van der Waals surface area (Å²) in [6.45, 7) is 3.48. The number of nitrogens with zero attached hydrogens (tertiary/aromatic N) is 3. The van der Waals surface area contributed by atoms with Crippen LogP contribution in [-0.4, -0.2) is 33.5 Å². The molecule has 2 aliphatic rings. The molecule has 2 aliphatic heterocycles. The van der Waals surface area contributed by atoms with Gasteiger partial charge in [0.2, 0.25) is 5.91 Å². The van der Waals surface area contributed by atoms with Gasteiger partial charge in [0.25, 0.3) is 0 Å². The first-order valence-corrected chi connectivity index (χ1v) is 10.5. The van der Waals surface area contributed by atoms with Gasteiger partial charge in [-0.3, -0.25) is 4.79 Å². The Bertz CT molecular complexity index is 1000. The fourth-order valence-corrected chi connectivity index (χ4v) is 5.47. The molecule has 3 heterocycles. The molecule has 0 aliphatic carbocycles. The Labute approximate surface area is 175 Å². The Hall–Kier alpha value is -2.49. The highest BCUT2D eigenvalue weighted by molar-refractivity contribution is 8.08. The van der Waals surface area contributed by atoms with Crippen molar-refractivity contribution in [3.8, 4) is 5.75 Å². The molecule has 6 nitrogen and oxygen atoms in total. The molecule has 3 unspecified atom stereocenters. The van der Waals surface area contributed by atoms with E-state index in [0.717, 1.165) is 10.2 Å². The van der Waals surface area contributed by atoms with Crippen molar-refractivity contribution in [3.05, 3.63) is 47.6 Å². The van der Waals surface area contributed by atoms with Crippen LogP contribution in [0.25, 0.3) is 4.91 Å². The predicted octanol–water partition coefficient (Wildman–Crippen LogP) is 4.36. The Kier molecular flexibility index (Phi) is 5.29. The van der Waals surface area contributed by atoms with E-state index < -0.39 is 24.0 Å². The second-order valence-corrected chi connectivity index (χ2v) is 8.93. The standard InChI is InChI=1S/C20H21F3N4O2S/c1-10(2)17(20(21,22)23)27-19(25-9-26-27)15-8-11-5-6-29-14-7-12(18(24)28)3-4-13(14)16(11)30-15/h3-4,7-11,16-17H,5-6H2,1-2H3,(H2,24,28). The molecule has 1 aromatic carbocycles. The molecule has 160 valence electrons. The van der Waals surface area contributed by atoms with E-state index in [2.05, 4.69) is 10.1 Å². The van der Waals surface area contributed by atoms with Gasteiger partial charge in [-0.05, 0) is 30.4 Å². The summed E-state index contributed by atoms with van der Waals surface area (Å²) in [7, 11) is 0. The van der Waals surface area contributed by atoms with E-state index in [4.69, 9.17) is 10.5 Å². The summed E-state index contributed by atoms with van der Waals surface area (Å²) in [5, 5.41) is 3.87. The Morgan fingerprint density at radius 1 is 1.37 bits per heavy atom. The Balaban J connectivity index is 1.68. The maximum absolute atomic E-state index is 13.7. The smallest absolute Gasteiger partial charge is 0.411 e. The van der Waals surface area contributed by atoms with Gasteiger partial charge < -0.3 is 10.5 Å². The van der Waals surface area contributed by atoms with Gasteiger partial charge in [-0.1, -0.05) is 26.0 Å². The Morgan fingerprint density at radius 3 is 2.80 bits per heavy atom. The van der Waals surface area contributed by atoms with E-state index >= 15 is 0 Å². The average Bonchev–Trinajstić information content (AvgIpc) is 3.24. The van der Waals surface area contributed by atoms with Crippen molar-refractivity contribution in [1.82, 2.24) is 14.8 Å². The third kappa shape index (κ3) is 3.68. The number of halogens is 3. The number of fused-ring (bicyclic) bond motifs is 3. The first-order chi connectivity index (χ1) is 14.2. The van der Waals surface area contributed by atoms with Crippen molar-refractivity contribution >= 4 is 22.6 Å². The number of aromatic nitrogens is 3.